The lowest BCUT2D eigenvalue weighted by molar-refractivity contribution is -0.139. The van der Waals surface area contributed by atoms with Gasteiger partial charge in [0.05, 0.1) is 36.6 Å². The maximum Gasteiger partial charge on any atom is 0.303 e. The van der Waals surface area contributed by atoms with Crippen molar-refractivity contribution in [2.75, 3.05) is 18.0 Å². The monoisotopic (exact) mass is 518 g/mol. The summed E-state index contributed by atoms with van der Waals surface area (Å²) < 4.78 is 36.4. The minimum absolute atomic E-state index is 0.138. The maximum atomic E-state index is 14.5. The zero-order chi connectivity index (χ0) is 26.7. The van der Waals surface area contributed by atoms with Crippen LogP contribution in [0.25, 0.3) is 11.4 Å². The minimum atomic E-state index is -2.98. The molecular weight excluding hydrogens is 486 g/mol. The number of nitrogens with zero attached hydrogens (tertiary/aromatic N) is 8. The number of piperidine rings is 1. The molecular formula is C24H32F2N8O3. The van der Waals surface area contributed by atoms with Gasteiger partial charge < -0.3 is 14.7 Å². The van der Waals surface area contributed by atoms with Gasteiger partial charge >= 0.3 is 5.97 Å². The second-order valence-corrected chi connectivity index (χ2v) is 9.85. The van der Waals surface area contributed by atoms with E-state index in [1.54, 1.807) is 39.8 Å². The molecule has 37 heavy (non-hydrogen) atoms. The van der Waals surface area contributed by atoms with Gasteiger partial charge in [0.15, 0.2) is 0 Å². The van der Waals surface area contributed by atoms with Crippen LogP contribution in [0.15, 0.2) is 18.3 Å². The van der Waals surface area contributed by atoms with Gasteiger partial charge in [0.1, 0.15) is 24.2 Å². The number of hydrogen-bond donors (Lipinski definition) is 1. The van der Waals surface area contributed by atoms with Crippen LogP contribution in [0, 0.1) is 11.8 Å². The summed E-state index contributed by atoms with van der Waals surface area (Å²) in [4.78, 5) is 19.0. The van der Waals surface area contributed by atoms with Crippen molar-refractivity contribution in [2.45, 2.75) is 59.1 Å². The van der Waals surface area contributed by atoms with Crippen LogP contribution in [-0.4, -0.2) is 65.1 Å². The molecule has 0 amide bonds. The molecule has 1 atom stereocenters. The molecule has 4 rings (SSSR count). The number of carboxylic acids is 1. The van der Waals surface area contributed by atoms with Crippen LogP contribution < -0.4 is 9.64 Å². The summed E-state index contributed by atoms with van der Waals surface area (Å²) in [6, 6.07) is 3.47. The van der Waals surface area contributed by atoms with E-state index in [0.29, 0.717) is 53.2 Å². The molecule has 1 aliphatic rings. The summed E-state index contributed by atoms with van der Waals surface area (Å²) in [6.45, 7) is 6.62. The van der Waals surface area contributed by atoms with Gasteiger partial charge in [-0.25, -0.2) is 18.4 Å². The number of rotatable bonds is 10. The van der Waals surface area contributed by atoms with Crippen LogP contribution in [-0.2, 0) is 31.4 Å². The molecule has 0 bridgehead atoms. The molecule has 0 saturated carbocycles. The van der Waals surface area contributed by atoms with E-state index >= 15 is 0 Å². The molecule has 3 aromatic heterocycles. The van der Waals surface area contributed by atoms with Gasteiger partial charge in [-0.05, 0) is 30.4 Å². The van der Waals surface area contributed by atoms with Crippen LogP contribution in [0.4, 0.5) is 14.5 Å². The summed E-state index contributed by atoms with van der Waals surface area (Å²) in [5.74, 6) is -3.92. The molecule has 0 aromatic carbocycles. The number of aryl methyl sites for hydroxylation is 2. The zero-order valence-electron chi connectivity index (χ0n) is 21.4. The van der Waals surface area contributed by atoms with Crippen LogP contribution in [0.2, 0.25) is 0 Å². The molecule has 13 heteroatoms. The van der Waals surface area contributed by atoms with Gasteiger partial charge in [-0.3, -0.25) is 4.79 Å². The molecule has 0 aliphatic carbocycles. The number of pyridine rings is 1. The quantitative estimate of drug-likeness (QED) is 0.431. The second-order valence-electron chi connectivity index (χ2n) is 9.85. The molecule has 1 aliphatic heterocycles. The fourth-order valence-electron chi connectivity index (χ4n) is 4.59. The predicted molar refractivity (Wildman–Crippen MR) is 130 cm³/mol. The summed E-state index contributed by atoms with van der Waals surface area (Å²) in [6.07, 6.45) is 1.32. The van der Waals surface area contributed by atoms with Crippen molar-refractivity contribution < 1.29 is 23.4 Å². The Morgan fingerprint density at radius 2 is 2.11 bits per heavy atom. The number of anilines is 1. The molecule has 11 nitrogen and oxygen atoms in total. The Morgan fingerprint density at radius 3 is 2.81 bits per heavy atom. The van der Waals surface area contributed by atoms with Crippen molar-refractivity contribution in [3.63, 3.8) is 0 Å². The summed E-state index contributed by atoms with van der Waals surface area (Å²) in [5.41, 5.74) is 2.93. The van der Waals surface area contributed by atoms with Crippen molar-refractivity contribution in [3.05, 3.63) is 29.7 Å². The number of carboxylic acid groups (broad SMARTS) is 1. The highest BCUT2D eigenvalue weighted by molar-refractivity contribution is 5.67. The maximum absolute atomic E-state index is 14.5. The standard InChI is InChI=1S/C24H32F2N8O3/c1-5-17-19(33-12-16(8-22(35)36)9-24(25,26)14-33)7-6-18(28-17)23-20(32(4)31-29-23)13-37-21-10-27-34(30-21)11-15(2)3/h6-7,10,15-16H,5,8-9,11-14H2,1-4H3,(H,35,36). The zero-order valence-corrected chi connectivity index (χ0v) is 21.4. The van der Waals surface area contributed by atoms with E-state index in [1.165, 1.54) is 0 Å². The fourth-order valence-corrected chi connectivity index (χ4v) is 4.59. The van der Waals surface area contributed by atoms with Crippen molar-refractivity contribution in [1.82, 2.24) is 35.0 Å². The molecule has 3 aromatic rings. The smallest absolute Gasteiger partial charge is 0.303 e. The van der Waals surface area contributed by atoms with Gasteiger partial charge in [0.25, 0.3) is 11.8 Å². The van der Waals surface area contributed by atoms with E-state index in [1.807, 2.05) is 6.92 Å². The first-order valence-electron chi connectivity index (χ1n) is 12.3. The number of aliphatic carboxylic acids is 1. The molecule has 200 valence electrons. The van der Waals surface area contributed by atoms with Gasteiger partial charge in [-0.15, -0.1) is 10.2 Å². The molecule has 4 heterocycles. The highest BCUT2D eigenvalue weighted by Gasteiger charge is 2.41. The van der Waals surface area contributed by atoms with Crippen LogP contribution in [0.3, 0.4) is 0 Å². The highest BCUT2D eigenvalue weighted by atomic mass is 19.3. The number of halogens is 2. The normalized spacial score (nSPS) is 17.4. The third-order valence-electron chi connectivity index (χ3n) is 6.16. The molecule has 1 unspecified atom stereocenters. The van der Waals surface area contributed by atoms with Crippen LogP contribution in [0.1, 0.15) is 45.0 Å². The Hall–Kier alpha value is -3.64. The molecule has 1 N–H and O–H groups in total. The van der Waals surface area contributed by atoms with Gasteiger partial charge in [0.2, 0.25) is 0 Å². The van der Waals surface area contributed by atoms with Crippen LogP contribution >= 0.6 is 0 Å². The highest BCUT2D eigenvalue weighted by Crippen LogP contribution is 2.36. The number of carbonyl (C=O) groups is 1. The third kappa shape index (κ3) is 6.38. The average molecular weight is 519 g/mol. The Kier molecular flexibility index (Phi) is 7.69. The first-order valence-corrected chi connectivity index (χ1v) is 12.3. The van der Waals surface area contributed by atoms with E-state index in [0.717, 1.165) is 0 Å². The van der Waals surface area contributed by atoms with E-state index in [4.69, 9.17) is 14.8 Å². The topological polar surface area (TPSA) is 124 Å². The lowest BCUT2D eigenvalue weighted by Gasteiger charge is -2.39. The lowest BCUT2D eigenvalue weighted by Crippen LogP contribution is -2.48. The molecule has 1 saturated heterocycles. The van der Waals surface area contributed by atoms with Crippen molar-refractivity contribution in [2.24, 2.45) is 18.9 Å². The lowest BCUT2D eigenvalue weighted by atomic mass is 9.91. The summed E-state index contributed by atoms with van der Waals surface area (Å²) >= 11 is 0. The minimum Gasteiger partial charge on any atom is -0.481 e. The van der Waals surface area contributed by atoms with E-state index in [9.17, 15) is 13.6 Å². The van der Waals surface area contributed by atoms with Crippen LogP contribution in [0.5, 0.6) is 5.88 Å². The SMILES string of the molecule is CCc1nc(-c2nnn(C)c2COc2cnn(CC(C)C)n2)ccc1N1CC(CC(=O)O)CC(F)(F)C1. The van der Waals surface area contributed by atoms with E-state index < -0.39 is 30.8 Å². The third-order valence-corrected chi connectivity index (χ3v) is 6.16. The number of hydrogen-bond acceptors (Lipinski definition) is 8. The number of alkyl halides is 2. The first-order chi connectivity index (χ1) is 17.5. The van der Waals surface area contributed by atoms with Gasteiger partial charge in [-0.2, -0.15) is 9.90 Å². The Bertz CT molecular complexity index is 1240. The Balaban J connectivity index is 1.55. The first kappa shape index (κ1) is 26.4. The van der Waals surface area contributed by atoms with Crippen molar-refractivity contribution in [1.29, 1.82) is 0 Å². The summed E-state index contributed by atoms with van der Waals surface area (Å²) in [7, 11) is 1.75. The average Bonchev–Trinajstić information content (AvgIpc) is 3.41. The Labute approximate surface area is 213 Å². The van der Waals surface area contributed by atoms with Gasteiger partial charge in [-0.1, -0.05) is 26.0 Å². The Morgan fingerprint density at radius 1 is 1.32 bits per heavy atom. The fraction of sp³-hybridized carbons (Fsp3) is 0.583. The molecule has 0 spiro atoms. The van der Waals surface area contributed by atoms with Gasteiger partial charge in [0, 0.05) is 20.0 Å². The van der Waals surface area contributed by atoms with E-state index in [-0.39, 0.29) is 19.6 Å². The predicted octanol–water partition coefficient (Wildman–Crippen LogP) is 3.20. The molecule has 0 radical (unpaired) electrons. The van der Waals surface area contributed by atoms with E-state index in [2.05, 4.69) is 34.4 Å². The largest absolute Gasteiger partial charge is 0.481 e. The molecule has 1 fully saturated rings. The number of ether oxygens (including phenoxy) is 1. The number of aromatic nitrogens is 7. The van der Waals surface area contributed by atoms with Crippen molar-refractivity contribution in [3.8, 4) is 17.3 Å². The summed E-state index contributed by atoms with van der Waals surface area (Å²) in [5, 5.41) is 26.0. The second kappa shape index (κ2) is 10.8. The van der Waals surface area contributed by atoms with Crippen molar-refractivity contribution >= 4 is 11.7 Å².